The van der Waals surface area contributed by atoms with Gasteiger partial charge in [0, 0.05) is 19.6 Å². The van der Waals surface area contributed by atoms with E-state index in [1.54, 1.807) is 4.90 Å². The number of likely N-dealkylation sites (tertiary alicyclic amines) is 2. The average Bonchev–Trinajstić information content (AvgIpc) is 3.20. The highest BCUT2D eigenvalue weighted by molar-refractivity contribution is 5.88. The molecule has 5 heteroatoms. The van der Waals surface area contributed by atoms with E-state index in [1.807, 2.05) is 23.1 Å². The third-order valence-electron chi connectivity index (χ3n) is 5.59. The molecule has 1 aromatic rings. The molecule has 0 bridgehead atoms. The topological polar surface area (TPSA) is 49.9 Å². The molecule has 0 N–H and O–H groups in total. The molecule has 1 atom stereocenters. The fraction of sp³-hybridized carbons (Fsp3) is 0.636. The maximum Gasteiger partial charge on any atom is 0.261 e. The van der Waals surface area contributed by atoms with Crippen molar-refractivity contribution in [2.45, 2.75) is 64.3 Å². The normalized spacial score (nSPS) is 20.6. The largest absolute Gasteiger partial charge is 0.484 e. The monoisotopic (exact) mass is 372 g/mol. The third-order valence-corrected chi connectivity index (χ3v) is 5.59. The Morgan fingerprint density at radius 2 is 1.78 bits per heavy atom. The zero-order valence-corrected chi connectivity index (χ0v) is 16.9. The second kappa shape index (κ2) is 8.32. The first kappa shape index (κ1) is 19.7. The third kappa shape index (κ3) is 4.82. The molecule has 0 spiro atoms. The summed E-state index contributed by atoms with van der Waals surface area (Å²) in [4.78, 5) is 29.3. The van der Waals surface area contributed by atoms with E-state index >= 15 is 0 Å². The second-order valence-electron chi connectivity index (χ2n) is 8.70. The van der Waals surface area contributed by atoms with Crippen LogP contribution < -0.4 is 4.74 Å². The van der Waals surface area contributed by atoms with Crippen LogP contribution in [-0.2, 0) is 15.0 Å². The Morgan fingerprint density at radius 3 is 2.48 bits per heavy atom. The van der Waals surface area contributed by atoms with E-state index in [0.29, 0.717) is 12.3 Å². The summed E-state index contributed by atoms with van der Waals surface area (Å²) in [6, 6.07) is 7.60. The highest BCUT2D eigenvalue weighted by atomic mass is 16.5. The Morgan fingerprint density at radius 1 is 1.07 bits per heavy atom. The van der Waals surface area contributed by atoms with Crippen molar-refractivity contribution in [1.82, 2.24) is 9.80 Å². The fourth-order valence-corrected chi connectivity index (χ4v) is 3.92. The minimum atomic E-state index is -0.311. The van der Waals surface area contributed by atoms with Crippen LogP contribution in [0, 0.1) is 0 Å². The maximum atomic E-state index is 12.8. The SMILES string of the molecule is CC(C)(C)c1cccc(OCC(=O)N2CCCCC2C(=O)N2CCCC2)c1. The van der Waals surface area contributed by atoms with Gasteiger partial charge in [0.25, 0.3) is 5.91 Å². The van der Waals surface area contributed by atoms with Crippen molar-refractivity contribution < 1.29 is 14.3 Å². The van der Waals surface area contributed by atoms with E-state index in [4.69, 9.17) is 4.74 Å². The molecular formula is C22H32N2O3. The smallest absolute Gasteiger partial charge is 0.261 e. The summed E-state index contributed by atoms with van der Waals surface area (Å²) in [7, 11) is 0. The van der Waals surface area contributed by atoms with Crippen LogP contribution in [0.15, 0.2) is 24.3 Å². The van der Waals surface area contributed by atoms with Gasteiger partial charge in [-0.2, -0.15) is 0 Å². The van der Waals surface area contributed by atoms with Gasteiger partial charge in [-0.1, -0.05) is 32.9 Å². The summed E-state index contributed by atoms with van der Waals surface area (Å²) in [5.41, 5.74) is 1.20. The molecule has 2 amide bonds. The van der Waals surface area contributed by atoms with Gasteiger partial charge in [-0.05, 0) is 55.2 Å². The van der Waals surface area contributed by atoms with Crippen molar-refractivity contribution in [1.29, 1.82) is 0 Å². The quantitative estimate of drug-likeness (QED) is 0.814. The highest BCUT2D eigenvalue weighted by Crippen LogP contribution is 2.26. The van der Waals surface area contributed by atoms with Gasteiger partial charge < -0.3 is 14.5 Å². The van der Waals surface area contributed by atoms with Crippen LogP contribution in [-0.4, -0.2) is 53.9 Å². The van der Waals surface area contributed by atoms with Gasteiger partial charge in [-0.15, -0.1) is 0 Å². The predicted molar refractivity (Wildman–Crippen MR) is 106 cm³/mol. The Balaban J connectivity index is 1.62. The first-order valence-corrected chi connectivity index (χ1v) is 10.2. The van der Waals surface area contributed by atoms with E-state index < -0.39 is 0 Å². The molecule has 1 unspecified atom stereocenters. The lowest BCUT2D eigenvalue weighted by Gasteiger charge is -2.36. The number of ether oxygens (including phenoxy) is 1. The molecule has 0 aliphatic carbocycles. The van der Waals surface area contributed by atoms with E-state index in [1.165, 1.54) is 5.56 Å². The van der Waals surface area contributed by atoms with Gasteiger partial charge in [-0.3, -0.25) is 9.59 Å². The number of benzene rings is 1. The minimum Gasteiger partial charge on any atom is -0.484 e. The van der Waals surface area contributed by atoms with Crippen LogP contribution in [0.3, 0.4) is 0 Å². The summed E-state index contributed by atoms with van der Waals surface area (Å²) in [5.74, 6) is 0.735. The van der Waals surface area contributed by atoms with Gasteiger partial charge in [-0.25, -0.2) is 0 Å². The fourth-order valence-electron chi connectivity index (χ4n) is 3.92. The molecule has 1 aromatic carbocycles. The van der Waals surface area contributed by atoms with E-state index in [9.17, 15) is 9.59 Å². The minimum absolute atomic E-state index is 0.0165. The summed E-state index contributed by atoms with van der Waals surface area (Å²) in [6.45, 7) is 8.74. The van der Waals surface area contributed by atoms with Crippen molar-refractivity contribution in [3.05, 3.63) is 29.8 Å². The van der Waals surface area contributed by atoms with Crippen LogP contribution in [0.1, 0.15) is 58.4 Å². The lowest BCUT2D eigenvalue weighted by molar-refractivity contribution is -0.148. The molecule has 0 saturated carbocycles. The first-order valence-electron chi connectivity index (χ1n) is 10.2. The van der Waals surface area contributed by atoms with Crippen molar-refractivity contribution in [2.24, 2.45) is 0 Å². The Bertz CT molecular complexity index is 674. The van der Waals surface area contributed by atoms with Crippen LogP contribution in [0.2, 0.25) is 0 Å². The summed E-state index contributed by atoms with van der Waals surface area (Å²) in [6.07, 6.45) is 4.86. The van der Waals surface area contributed by atoms with Gasteiger partial charge in [0.05, 0.1) is 0 Å². The van der Waals surface area contributed by atoms with Crippen molar-refractivity contribution in [3.63, 3.8) is 0 Å². The molecule has 148 valence electrons. The molecule has 3 rings (SSSR count). The molecule has 2 aliphatic rings. The zero-order chi connectivity index (χ0) is 19.4. The Hall–Kier alpha value is -2.04. The number of carbonyl (C=O) groups is 2. The summed E-state index contributed by atoms with van der Waals surface area (Å²) in [5, 5.41) is 0. The zero-order valence-electron chi connectivity index (χ0n) is 16.9. The second-order valence-corrected chi connectivity index (χ2v) is 8.70. The molecule has 0 aromatic heterocycles. The van der Waals surface area contributed by atoms with Gasteiger partial charge in [0.15, 0.2) is 6.61 Å². The van der Waals surface area contributed by atoms with Gasteiger partial charge >= 0.3 is 0 Å². The summed E-state index contributed by atoms with van der Waals surface area (Å²) < 4.78 is 5.79. The molecule has 0 radical (unpaired) electrons. The Kier molecular flexibility index (Phi) is 6.08. The lowest BCUT2D eigenvalue weighted by atomic mass is 9.87. The van der Waals surface area contributed by atoms with Crippen molar-refractivity contribution in [2.75, 3.05) is 26.2 Å². The molecule has 27 heavy (non-hydrogen) atoms. The molecule has 2 saturated heterocycles. The standard InChI is InChI=1S/C22H32N2O3/c1-22(2,3)17-9-8-10-18(15-17)27-16-20(25)24-14-5-4-11-19(24)21(26)23-12-6-7-13-23/h8-10,15,19H,4-7,11-14,16H2,1-3H3. The molecule has 5 nitrogen and oxygen atoms in total. The van der Waals surface area contributed by atoms with Crippen LogP contribution in [0.25, 0.3) is 0 Å². The first-order chi connectivity index (χ1) is 12.9. The molecular weight excluding hydrogens is 340 g/mol. The van der Waals surface area contributed by atoms with Crippen LogP contribution in [0.5, 0.6) is 5.75 Å². The number of amides is 2. The highest BCUT2D eigenvalue weighted by Gasteiger charge is 2.35. The van der Waals surface area contributed by atoms with Crippen molar-refractivity contribution in [3.8, 4) is 5.75 Å². The Labute approximate surface area is 162 Å². The van der Waals surface area contributed by atoms with Crippen LogP contribution in [0.4, 0.5) is 0 Å². The predicted octanol–water partition coefficient (Wildman–Crippen LogP) is 3.37. The van der Waals surface area contributed by atoms with Crippen LogP contribution >= 0.6 is 0 Å². The van der Waals surface area contributed by atoms with E-state index in [0.717, 1.165) is 45.2 Å². The van der Waals surface area contributed by atoms with Gasteiger partial charge in [0.2, 0.25) is 5.91 Å². The number of rotatable bonds is 4. The molecule has 2 fully saturated rings. The maximum absolute atomic E-state index is 12.8. The number of nitrogens with zero attached hydrogens (tertiary/aromatic N) is 2. The number of piperidine rings is 1. The summed E-state index contributed by atoms with van der Waals surface area (Å²) >= 11 is 0. The van der Waals surface area contributed by atoms with Crippen molar-refractivity contribution >= 4 is 11.8 Å². The average molecular weight is 373 g/mol. The van der Waals surface area contributed by atoms with E-state index in [-0.39, 0.29) is 29.9 Å². The lowest BCUT2D eigenvalue weighted by Crippen LogP contribution is -2.53. The number of hydrogen-bond acceptors (Lipinski definition) is 3. The number of carbonyl (C=O) groups excluding carboxylic acids is 2. The number of hydrogen-bond donors (Lipinski definition) is 0. The molecule has 2 aliphatic heterocycles. The van der Waals surface area contributed by atoms with E-state index in [2.05, 4.69) is 26.8 Å². The molecule has 2 heterocycles. The van der Waals surface area contributed by atoms with Gasteiger partial charge in [0.1, 0.15) is 11.8 Å².